The Morgan fingerprint density at radius 2 is 2.11 bits per heavy atom. The molecule has 0 aliphatic heterocycles. The quantitative estimate of drug-likeness (QED) is 0.651. The highest BCUT2D eigenvalue weighted by atomic mass is 19.1. The van der Waals surface area contributed by atoms with Crippen LogP contribution >= 0.6 is 0 Å². The molecule has 102 valence electrons. The number of hydrogen-bond acceptors (Lipinski definition) is 4. The van der Waals surface area contributed by atoms with Crippen molar-refractivity contribution in [2.75, 3.05) is 0 Å². The lowest BCUT2D eigenvalue weighted by Crippen LogP contribution is -2.38. The summed E-state index contributed by atoms with van der Waals surface area (Å²) in [5.74, 6) is -1.96. The van der Waals surface area contributed by atoms with Crippen LogP contribution in [0.25, 0.3) is 0 Å². The van der Waals surface area contributed by atoms with Crippen LogP contribution in [0, 0.1) is 15.9 Å². The van der Waals surface area contributed by atoms with Gasteiger partial charge < -0.3 is 5.32 Å². The summed E-state index contributed by atoms with van der Waals surface area (Å²) in [6.45, 7) is 3.14. The highest BCUT2D eigenvalue weighted by Crippen LogP contribution is 2.16. The molecule has 0 heterocycles. The summed E-state index contributed by atoms with van der Waals surface area (Å²) >= 11 is 0. The second-order valence-electron chi connectivity index (χ2n) is 3.94. The lowest BCUT2D eigenvalue weighted by atomic mass is 10.1. The van der Waals surface area contributed by atoms with Crippen LogP contribution in [-0.4, -0.2) is 22.7 Å². The molecule has 7 heteroatoms. The third-order valence-electron chi connectivity index (χ3n) is 2.59. The SMILES string of the molecule is CCC(=O)C(C)NC(=O)c1ccc([N+](=O)[O-])cc1F. The summed E-state index contributed by atoms with van der Waals surface area (Å²) in [6, 6.07) is 1.99. The number of carbonyl (C=O) groups is 2. The molecule has 6 nitrogen and oxygen atoms in total. The van der Waals surface area contributed by atoms with Crippen molar-refractivity contribution in [3.05, 3.63) is 39.7 Å². The van der Waals surface area contributed by atoms with E-state index in [4.69, 9.17) is 0 Å². The predicted molar refractivity (Wildman–Crippen MR) is 65.3 cm³/mol. The van der Waals surface area contributed by atoms with Crippen molar-refractivity contribution < 1.29 is 18.9 Å². The van der Waals surface area contributed by atoms with Crippen LogP contribution in [0.1, 0.15) is 30.6 Å². The molecular formula is C12H13FN2O4. The van der Waals surface area contributed by atoms with E-state index in [-0.39, 0.29) is 17.8 Å². The Morgan fingerprint density at radius 1 is 1.47 bits per heavy atom. The van der Waals surface area contributed by atoms with Crippen LogP contribution in [-0.2, 0) is 4.79 Å². The van der Waals surface area contributed by atoms with Gasteiger partial charge in [-0.15, -0.1) is 0 Å². The zero-order valence-corrected chi connectivity index (χ0v) is 10.5. The number of hydrogen-bond donors (Lipinski definition) is 1. The molecular weight excluding hydrogens is 255 g/mol. The molecule has 0 aliphatic carbocycles. The van der Waals surface area contributed by atoms with Gasteiger partial charge in [0.25, 0.3) is 11.6 Å². The number of nitro groups is 1. The average molecular weight is 268 g/mol. The summed E-state index contributed by atoms with van der Waals surface area (Å²) in [5, 5.41) is 12.8. The fourth-order valence-electron chi connectivity index (χ4n) is 1.46. The van der Waals surface area contributed by atoms with Gasteiger partial charge in [0.15, 0.2) is 5.78 Å². The number of halogens is 1. The van der Waals surface area contributed by atoms with Crippen LogP contribution in [0.3, 0.4) is 0 Å². The molecule has 1 N–H and O–H groups in total. The maximum absolute atomic E-state index is 13.5. The molecule has 1 aromatic carbocycles. The van der Waals surface area contributed by atoms with Gasteiger partial charge in [0, 0.05) is 12.5 Å². The van der Waals surface area contributed by atoms with Crippen LogP contribution in [0.2, 0.25) is 0 Å². The van der Waals surface area contributed by atoms with Gasteiger partial charge in [-0.2, -0.15) is 0 Å². The van der Waals surface area contributed by atoms with E-state index >= 15 is 0 Å². The largest absolute Gasteiger partial charge is 0.342 e. The second kappa shape index (κ2) is 6.03. The molecule has 19 heavy (non-hydrogen) atoms. The Morgan fingerprint density at radius 3 is 2.58 bits per heavy atom. The average Bonchev–Trinajstić information content (AvgIpc) is 2.37. The molecule has 1 amide bonds. The van der Waals surface area contributed by atoms with Crippen molar-refractivity contribution in [3.8, 4) is 0 Å². The standard InChI is InChI=1S/C12H13FN2O4/c1-3-11(16)7(2)14-12(17)9-5-4-8(15(18)19)6-10(9)13/h4-7H,3H2,1-2H3,(H,14,17). The topological polar surface area (TPSA) is 89.3 Å². The first kappa shape index (κ1) is 14.7. The molecule has 0 spiro atoms. The Balaban J connectivity index is 2.89. The van der Waals surface area contributed by atoms with Crippen molar-refractivity contribution in [1.29, 1.82) is 0 Å². The first-order valence-corrected chi connectivity index (χ1v) is 5.64. The number of nitrogens with zero attached hydrogens (tertiary/aromatic N) is 1. The van der Waals surface area contributed by atoms with Gasteiger partial charge in [-0.1, -0.05) is 6.92 Å². The van der Waals surface area contributed by atoms with Crippen LogP contribution in [0.15, 0.2) is 18.2 Å². The maximum atomic E-state index is 13.5. The lowest BCUT2D eigenvalue weighted by Gasteiger charge is -2.12. The number of rotatable bonds is 5. The van der Waals surface area contributed by atoms with Gasteiger partial charge >= 0.3 is 0 Å². The second-order valence-corrected chi connectivity index (χ2v) is 3.94. The van der Waals surface area contributed by atoms with Crippen LogP contribution in [0.5, 0.6) is 0 Å². The zero-order chi connectivity index (χ0) is 14.6. The van der Waals surface area contributed by atoms with Crippen LogP contribution < -0.4 is 5.32 Å². The molecule has 1 aromatic rings. The van der Waals surface area contributed by atoms with E-state index in [1.54, 1.807) is 6.92 Å². The molecule has 0 radical (unpaired) electrons. The van der Waals surface area contributed by atoms with E-state index in [0.29, 0.717) is 6.07 Å². The van der Waals surface area contributed by atoms with Gasteiger partial charge in [0.05, 0.1) is 22.6 Å². The summed E-state index contributed by atoms with van der Waals surface area (Å²) in [7, 11) is 0. The molecule has 1 rings (SSSR count). The minimum Gasteiger partial charge on any atom is -0.342 e. The Hall–Kier alpha value is -2.31. The minimum atomic E-state index is -0.997. The molecule has 1 unspecified atom stereocenters. The molecule has 0 saturated heterocycles. The summed E-state index contributed by atoms with van der Waals surface area (Å²) < 4.78 is 13.5. The van der Waals surface area contributed by atoms with E-state index in [1.165, 1.54) is 6.92 Å². The number of carbonyl (C=O) groups excluding carboxylic acids is 2. The van der Waals surface area contributed by atoms with E-state index in [9.17, 15) is 24.1 Å². The number of nitro benzene ring substituents is 1. The number of benzene rings is 1. The summed E-state index contributed by atoms with van der Waals surface area (Å²) in [4.78, 5) is 32.7. The van der Waals surface area contributed by atoms with Crippen molar-refractivity contribution in [2.24, 2.45) is 0 Å². The molecule has 0 aromatic heterocycles. The first-order valence-electron chi connectivity index (χ1n) is 5.64. The van der Waals surface area contributed by atoms with Crippen LogP contribution in [0.4, 0.5) is 10.1 Å². The Bertz CT molecular complexity index is 530. The zero-order valence-electron chi connectivity index (χ0n) is 10.5. The van der Waals surface area contributed by atoms with Crippen molar-refractivity contribution in [1.82, 2.24) is 5.32 Å². The number of Topliss-reactive ketones (excluding diaryl/α,β-unsaturated/α-hetero) is 1. The highest BCUT2D eigenvalue weighted by molar-refractivity contribution is 5.98. The number of non-ortho nitro benzene ring substituents is 1. The fourth-order valence-corrected chi connectivity index (χ4v) is 1.46. The first-order chi connectivity index (χ1) is 8.86. The molecule has 1 atom stereocenters. The molecule has 0 bridgehead atoms. The number of amides is 1. The maximum Gasteiger partial charge on any atom is 0.272 e. The van der Waals surface area contributed by atoms with E-state index in [2.05, 4.69) is 5.32 Å². The van der Waals surface area contributed by atoms with Gasteiger partial charge in [-0.3, -0.25) is 19.7 Å². The van der Waals surface area contributed by atoms with E-state index in [1.807, 2.05) is 0 Å². The van der Waals surface area contributed by atoms with Crippen molar-refractivity contribution >= 4 is 17.4 Å². The predicted octanol–water partition coefficient (Wildman–Crippen LogP) is 1.83. The van der Waals surface area contributed by atoms with Gasteiger partial charge in [0.2, 0.25) is 0 Å². The lowest BCUT2D eigenvalue weighted by molar-refractivity contribution is -0.385. The molecule has 0 fully saturated rings. The fraction of sp³-hybridized carbons (Fsp3) is 0.333. The monoisotopic (exact) mass is 268 g/mol. The summed E-state index contributed by atoms with van der Waals surface area (Å²) in [6.07, 6.45) is 0.254. The molecule has 0 aliphatic rings. The Kier molecular flexibility index (Phi) is 4.68. The third-order valence-corrected chi connectivity index (χ3v) is 2.59. The van der Waals surface area contributed by atoms with E-state index < -0.39 is 28.4 Å². The Labute approximate surface area is 108 Å². The van der Waals surface area contributed by atoms with Gasteiger partial charge in [-0.05, 0) is 13.0 Å². The summed E-state index contributed by atoms with van der Waals surface area (Å²) in [5.41, 5.74) is -0.770. The van der Waals surface area contributed by atoms with Gasteiger partial charge in [-0.25, -0.2) is 4.39 Å². The number of nitrogens with one attached hydrogen (secondary N) is 1. The van der Waals surface area contributed by atoms with Crippen molar-refractivity contribution in [2.45, 2.75) is 26.3 Å². The van der Waals surface area contributed by atoms with Crippen molar-refractivity contribution in [3.63, 3.8) is 0 Å². The normalized spacial score (nSPS) is 11.7. The smallest absolute Gasteiger partial charge is 0.272 e. The number of ketones is 1. The highest BCUT2D eigenvalue weighted by Gasteiger charge is 2.19. The third kappa shape index (κ3) is 3.57. The van der Waals surface area contributed by atoms with E-state index in [0.717, 1.165) is 12.1 Å². The minimum absolute atomic E-state index is 0.185. The molecule has 0 saturated carbocycles. The van der Waals surface area contributed by atoms with Gasteiger partial charge in [0.1, 0.15) is 5.82 Å².